The molecule has 2 aromatic heterocycles. The van der Waals surface area contributed by atoms with Crippen molar-refractivity contribution in [1.82, 2.24) is 9.80 Å². The van der Waals surface area contributed by atoms with Gasteiger partial charge in [-0.3, -0.25) is 9.80 Å². The number of morpholine rings is 2. The van der Waals surface area contributed by atoms with Gasteiger partial charge in [0.05, 0.1) is 54.2 Å². The summed E-state index contributed by atoms with van der Waals surface area (Å²) in [4.78, 5) is 44.7. The van der Waals surface area contributed by atoms with Crippen LogP contribution in [0.25, 0.3) is 21.9 Å². The van der Waals surface area contributed by atoms with Crippen molar-refractivity contribution in [3.05, 3.63) is 102 Å². The molecule has 4 heterocycles. The third kappa shape index (κ3) is 8.24. The first-order valence-corrected chi connectivity index (χ1v) is 18.7. The minimum Gasteiger partial charge on any atom is -0.460 e. The number of aryl methyl sites for hydroxylation is 2. The van der Waals surface area contributed by atoms with Crippen LogP contribution in [-0.2, 0) is 44.9 Å². The molecule has 0 unspecified atom stereocenters. The van der Waals surface area contributed by atoms with Gasteiger partial charge in [-0.15, -0.1) is 13.2 Å². The Bertz CT molecular complexity index is 2040. The number of rotatable bonds is 14. The number of benzene rings is 2. The number of fused-ring (bicyclic) bond motifs is 2. The number of nitrogens with zero attached hydrogens (tertiary/aromatic N) is 2. The third-order valence-corrected chi connectivity index (χ3v) is 10.3. The molecule has 12 nitrogen and oxygen atoms in total. The molecule has 2 saturated heterocycles. The standard InChI is InChI=1S/C40H44Cl2N2O10/c1-6-9-25-33-27(23(4)29(37(45)51-33)21-43-11-15-48-16-12-43)19-31(41)35(25)53-40(39(47)50-8-3)54-36-26(10-7-2)34-28(20-32(36)42)24(5)30(38(46)52-34)22-44-13-17-49-18-14-44/h6-7,19-20,40H,1-2,8-18,21-22H2,3-5H3. The Morgan fingerprint density at radius 3 is 1.54 bits per heavy atom. The van der Waals surface area contributed by atoms with Crippen LogP contribution in [0.15, 0.2) is 55.9 Å². The number of halogens is 2. The molecule has 0 bridgehead atoms. The first-order chi connectivity index (χ1) is 26.1. The summed E-state index contributed by atoms with van der Waals surface area (Å²) in [5.74, 6) is -0.818. The highest BCUT2D eigenvalue weighted by Crippen LogP contribution is 2.41. The fourth-order valence-corrected chi connectivity index (χ4v) is 7.39. The average molecular weight is 784 g/mol. The highest BCUT2D eigenvalue weighted by Gasteiger charge is 2.32. The molecule has 2 aromatic carbocycles. The van der Waals surface area contributed by atoms with E-state index in [1.54, 1.807) is 31.2 Å². The Balaban J connectivity index is 1.42. The molecular weight excluding hydrogens is 739 g/mol. The smallest absolute Gasteiger partial charge is 0.389 e. The second-order valence-corrected chi connectivity index (χ2v) is 14.0. The van der Waals surface area contributed by atoms with Gasteiger partial charge >= 0.3 is 23.5 Å². The zero-order valence-electron chi connectivity index (χ0n) is 30.7. The third-order valence-electron chi connectivity index (χ3n) is 9.75. The molecular formula is C40H44Cl2N2O10. The summed E-state index contributed by atoms with van der Waals surface area (Å²) in [6, 6.07) is 3.28. The Morgan fingerprint density at radius 2 is 1.17 bits per heavy atom. The number of hydrogen-bond acceptors (Lipinski definition) is 12. The van der Waals surface area contributed by atoms with Gasteiger partial charge in [0, 0.05) is 61.2 Å². The summed E-state index contributed by atoms with van der Waals surface area (Å²) < 4.78 is 40.8. The maximum Gasteiger partial charge on any atom is 0.389 e. The second-order valence-electron chi connectivity index (χ2n) is 13.2. The summed E-state index contributed by atoms with van der Waals surface area (Å²) in [7, 11) is 0. The van der Waals surface area contributed by atoms with Crippen molar-refractivity contribution in [3.8, 4) is 11.5 Å². The Morgan fingerprint density at radius 1 is 0.759 bits per heavy atom. The minimum absolute atomic E-state index is 0.0119. The van der Waals surface area contributed by atoms with E-state index in [-0.39, 0.29) is 52.2 Å². The van der Waals surface area contributed by atoms with Crippen molar-refractivity contribution in [1.29, 1.82) is 0 Å². The summed E-state index contributed by atoms with van der Waals surface area (Å²) >= 11 is 13.9. The maximum absolute atomic E-state index is 13.6. The van der Waals surface area contributed by atoms with E-state index in [1.165, 1.54) is 0 Å². The van der Waals surface area contributed by atoms with Crippen LogP contribution in [0.4, 0.5) is 0 Å². The maximum atomic E-state index is 13.6. The van der Waals surface area contributed by atoms with E-state index in [4.69, 9.17) is 55.7 Å². The molecule has 0 aliphatic carbocycles. The van der Waals surface area contributed by atoms with Crippen LogP contribution < -0.4 is 20.7 Å². The number of hydrogen-bond donors (Lipinski definition) is 0. The molecule has 54 heavy (non-hydrogen) atoms. The van der Waals surface area contributed by atoms with Gasteiger partial charge in [0.1, 0.15) is 11.2 Å². The molecule has 0 amide bonds. The molecule has 2 fully saturated rings. The van der Waals surface area contributed by atoms with Gasteiger partial charge in [-0.2, -0.15) is 0 Å². The molecule has 2 aliphatic heterocycles. The van der Waals surface area contributed by atoms with Crippen LogP contribution in [0.3, 0.4) is 0 Å². The monoisotopic (exact) mass is 782 g/mol. The fraction of sp³-hybridized carbons (Fsp3) is 0.425. The number of allylic oxidation sites excluding steroid dienone is 2. The topological polar surface area (TPSA) is 130 Å². The van der Waals surface area contributed by atoms with E-state index < -0.39 is 23.5 Å². The summed E-state index contributed by atoms with van der Waals surface area (Å²) in [5.41, 5.74) is 2.72. The van der Waals surface area contributed by atoms with Crippen LogP contribution in [-0.4, -0.2) is 81.3 Å². The van der Waals surface area contributed by atoms with Crippen molar-refractivity contribution < 1.29 is 37.3 Å². The molecule has 0 N–H and O–H groups in total. The quantitative estimate of drug-likeness (QED) is 0.0617. The predicted molar refractivity (Wildman–Crippen MR) is 206 cm³/mol. The van der Waals surface area contributed by atoms with Crippen molar-refractivity contribution in [2.24, 2.45) is 0 Å². The number of carbonyl (C=O) groups excluding carboxylic acids is 1. The molecule has 288 valence electrons. The minimum atomic E-state index is -1.75. The normalized spacial score (nSPS) is 15.5. The van der Waals surface area contributed by atoms with Crippen LogP contribution in [0, 0.1) is 13.8 Å². The number of ether oxygens (including phenoxy) is 5. The van der Waals surface area contributed by atoms with E-state index in [0.717, 1.165) is 0 Å². The summed E-state index contributed by atoms with van der Waals surface area (Å²) in [6.07, 6.45) is 1.81. The van der Waals surface area contributed by atoms with E-state index in [2.05, 4.69) is 23.0 Å². The lowest BCUT2D eigenvalue weighted by Crippen LogP contribution is -2.37. The zero-order valence-corrected chi connectivity index (χ0v) is 32.2. The largest absolute Gasteiger partial charge is 0.460 e. The highest BCUT2D eigenvalue weighted by atomic mass is 35.5. The molecule has 0 saturated carbocycles. The lowest BCUT2D eigenvalue weighted by Gasteiger charge is -2.27. The molecule has 2 aliphatic rings. The van der Waals surface area contributed by atoms with Crippen molar-refractivity contribution in [2.45, 2.75) is 53.0 Å². The van der Waals surface area contributed by atoms with E-state index >= 15 is 0 Å². The lowest BCUT2D eigenvalue weighted by molar-refractivity contribution is -0.165. The predicted octanol–water partition coefficient (Wildman–Crippen LogP) is 6.29. The first kappa shape index (κ1) is 39.5. The van der Waals surface area contributed by atoms with Crippen LogP contribution in [0.5, 0.6) is 11.5 Å². The van der Waals surface area contributed by atoms with Gasteiger partial charge in [0.25, 0.3) is 0 Å². The second kappa shape index (κ2) is 17.5. The van der Waals surface area contributed by atoms with Crippen molar-refractivity contribution >= 4 is 51.1 Å². The fourth-order valence-electron chi connectivity index (χ4n) is 6.86. The van der Waals surface area contributed by atoms with Gasteiger partial charge in [0.15, 0.2) is 11.5 Å². The van der Waals surface area contributed by atoms with Crippen LogP contribution >= 0.6 is 23.2 Å². The van der Waals surface area contributed by atoms with Crippen molar-refractivity contribution in [3.63, 3.8) is 0 Å². The zero-order chi connectivity index (χ0) is 38.5. The van der Waals surface area contributed by atoms with Crippen molar-refractivity contribution in [2.75, 3.05) is 59.2 Å². The highest BCUT2D eigenvalue weighted by molar-refractivity contribution is 6.33. The summed E-state index contributed by atoms with van der Waals surface area (Å²) in [5, 5.41) is 1.50. The van der Waals surface area contributed by atoms with E-state index in [9.17, 15) is 14.4 Å². The molecule has 4 aromatic rings. The molecule has 6 rings (SSSR count). The van der Waals surface area contributed by atoms with E-state index in [1.807, 2.05) is 13.8 Å². The van der Waals surface area contributed by atoms with Gasteiger partial charge in [-0.05, 0) is 56.9 Å². The van der Waals surface area contributed by atoms with Gasteiger partial charge in [0.2, 0.25) is 0 Å². The van der Waals surface area contributed by atoms with Crippen LogP contribution in [0.2, 0.25) is 10.0 Å². The Kier molecular flexibility index (Phi) is 12.8. The molecule has 14 heteroatoms. The summed E-state index contributed by atoms with van der Waals surface area (Å²) in [6.45, 7) is 19.0. The molecule has 0 spiro atoms. The Hall–Kier alpha value is -4.17. The first-order valence-electron chi connectivity index (χ1n) is 17.9. The lowest BCUT2D eigenvalue weighted by atomic mass is 10.00. The van der Waals surface area contributed by atoms with Gasteiger partial charge < -0.3 is 32.5 Å². The SMILES string of the molecule is C=CCc1c(OC(Oc2c(Cl)cc3c(C)c(CN4CCOCC4)c(=O)oc3c2CC=C)C(=O)OCC)c(Cl)cc2c(C)c(CN3CCOCC3)c(=O)oc12. The van der Waals surface area contributed by atoms with Crippen LogP contribution in [0.1, 0.15) is 40.3 Å². The Labute approximate surface area is 322 Å². The van der Waals surface area contributed by atoms with E-state index in [0.29, 0.717) is 110 Å². The molecule has 0 atom stereocenters. The van der Waals surface area contributed by atoms with Gasteiger partial charge in [-0.25, -0.2) is 14.4 Å². The number of carbonyl (C=O) groups is 1. The average Bonchev–Trinajstić information content (AvgIpc) is 3.16. The number of esters is 1. The molecule has 0 radical (unpaired) electrons. The van der Waals surface area contributed by atoms with Gasteiger partial charge in [-0.1, -0.05) is 35.4 Å².